The van der Waals surface area contributed by atoms with Crippen LogP contribution in [0.3, 0.4) is 0 Å². The summed E-state index contributed by atoms with van der Waals surface area (Å²) in [6.45, 7) is 5.57. The molecular formula is C20H21BrN2O2. The first-order chi connectivity index (χ1) is 11.9. The van der Waals surface area contributed by atoms with Crippen molar-refractivity contribution in [3.63, 3.8) is 0 Å². The van der Waals surface area contributed by atoms with Gasteiger partial charge in [0.2, 0.25) is 11.8 Å². The van der Waals surface area contributed by atoms with Gasteiger partial charge in [0.05, 0.1) is 0 Å². The summed E-state index contributed by atoms with van der Waals surface area (Å²) >= 11 is 3.45. The van der Waals surface area contributed by atoms with Crippen molar-refractivity contribution in [2.45, 2.75) is 20.8 Å². The minimum atomic E-state index is -0.230. The number of rotatable bonds is 5. The zero-order valence-corrected chi connectivity index (χ0v) is 16.1. The predicted molar refractivity (Wildman–Crippen MR) is 106 cm³/mol. The maximum absolute atomic E-state index is 12.2. The van der Waals surface area contributed by atoms with Gasteiger partial charge >= 0.3 is 0 Å². The Balaban J connectivity index is 2.09. The summed E-state index contributed by atoms with van der Waals surface area (Å²) in [6, 6.07) is 13.1. The summed E-state index contributed by atoms with van der Waals surface area (Å²) in [7, 11) is 0. The lowest BCUT2D eigenvalue weighted by molar-refractivity contribution is -0.119. The highest BCUT2D eigenvalue weighted by molar-refractivity contribution is 9.10. The number of benzene rings is 2. The Labute approximate surface area is 156 Å². The molecule has 25 heavy (non-hydrogen) atoms. The van der Waals surface area contributed by atoms with E-state index in [1.54, 1.807) is 12.1 Å². The quantitative estimate of drug-likeness (QED) is 0.693. The van der Waals surface area contributed by atoms with Crippen LogP contribution in [0.2, 0.25) is 0 Å². The highest BCUT2D eigenvalue weighted by atomic mass is 79.9. The summed E-state index contributed by atoms with van der Waals surface area (Å²) in [5.41, 5.74) is 3.18. The van der Waals surface area contributed by atoms with Crippen LogP contribution in [0, 0.1) is 12.8 Å². The molecule has 0 saturated carbocycles. The van der Waals surface area contributed by atoms with E-state index in [4.69, 9.17) is 0 Å². The van der Waals surface area contributed by atoms with Crippen LogP contribution >= 0.6 is 15.9 Å². The van der Waals surface area contributed by atoms with Gasteiger partial charge in [-0.25, -0.2) is 0 Å². The van der Waals surface area contributed by atoms with Crippen molar-refractivity contribution in [2.75, 3.05) is 10.6 Å². The summed E-state index contributed by atoms with van der Waals surface area (Å²) in [5.74, 6) is -0.396. The van der Waals surface area contributed by atoms with E-state index in [9.17, 15) is 9.59 Å². The van der Waals surface area contributed by atoms with Gasteiger partial charge in [-0.3, -0.25) is 9.59 Å². The third kappa shape index (κ3) is 5.57. The van der Waals surface area contributed by atoms with E-state index in [1.807, 2.05) is 57.2 Å². The maximum Gasteiger partial charge on any atom is 0.248 e. The van der Waals surface area contributed by atoms with Crippen molar-refractivity contribution >= 4 is 45.2 Å². The van der Waals surface area contributed by atoms with Crippen molar-refractivity contribution < 1.29 is 9.59 Å². The van der Waals surface area contributed by atoms with E-state index in [1.165, 1.54) is 6.08 Å². The summed E-state index contributed by atoms with van der Waals surface area (Å²) in [5, 5.41) is 5.68. The van der Waals surface area contributed by atoms with Crippen LogP contribution in [0.5, 0.6) is 0 Å². The largest absolute Gasteiger partial charge is 0.326 e. The molecule has 0 bridgehead atoms. The van der Waals surface area contributed by atoms with Crippen LogP contribution < -0.4 is 10.6 Å². The average molecular weight is 401 g/mol. The normalized spacial score (nSPS) is 10.9. The third-order valence-corrected chi connectivity index (χ3v) is 4.33. The van der Waals surface area contributed by atoms with Crippen molar-refractivity contribution in [2.24, 2.45) is 5.92 Å². The fourth-order valence-electron chi connectivity index (χ4n) is 2.07. The van der Waals surface area contributed by atoms with Gasteiger partial charge < -0.3 is 10.6 Å². The number of amides is 2. The Morgan fingerprint density at radius 1 is 1.08 bits per heavy atom. The highest BCUT2D eigenvalue weighted by Gasteiger charge is 2.09. The van der Waals surface area contributed by atoms with E-state index >= 15 is 0 Å². The van der Waals surface area contributed by atoms with Crippen LogP contribution in [0.15, 0.2) is 53.0 Å². The van der Waals surface area contributed by atoms with Crippen molar-refractivity contribution in [3.8, 4) is 0 Å². The third-order valence-electron chi connectivity index (χ3n) is 3.61. The molecule has 0 saturated heterocycles. The molecule has 5 heteroatoms. The van der Waals surface area contributed by atoms with Gasteiger partial charge in [0, 0.05) is 27.8 Å². The maximum atomic E-state index is 12.2. The molecule has 0 aliphatic heterocycles. The molecule has 2 amide bonds. The lowest BCUT2D eigenvalue weighted by Gasteiger charge is -2.12. The fourth-order valence-corrected chi connectivity index (χ4v) is 2.49. The van der Waals surface area contributed by atoms with Crippen molar-refractivity contribution in [1.29, 1.82) is 0 Å². The van der Waals surface area contributed by atoms with Crippen LogP contribution in [-0.2, 0) is 9.59 Å². The molecule has 2 aromatic rings. The molecular weight excluding hydrogens is 380 g/mol. The Morgan fingerprint density at radius 3 is 2.48 bits per heavy atom. The van der Waals surface area contributed by atoms with E-state index in [2.05, 4.69) is 26.6 Å². The predicted octanol–water partition coefficient (Wildman–Crippen LogP) is 5.00. The second-order valence-electron chi connectivity index (χ2n) is 6.02. The molecule has 0 spiro atoms. The summed E-state index contributed by atoms with van der Waals surface area (Å²) < 4.78 is 0.925. The molecule has 0 fully saturated rings. The topological polar surface area (TPSA) is 58.2 Å². The summed E-state index contributed by atoms with van der Waals surface area (Å²) in [6.07, 6.45) is 3.23. The lowest BCUT2D eigenvalue weighted by Crippen LogP contribution is -2.18. The molecule has 0 unspecified atom stereocenters. The van der Waals surface area contributed by atoms with E-state index < -0.39 is 0 Å². The molecule has 130 valence electrons. The van der Waals surface area contributed by atoms with Crippen LogP contribution in [-0.4, -0.2) is 11.8 Å². The second-order valence-corrected chi connectivity index (χ2v) is 6.87. The number of nitrogens with one attached hydrogen (secondary N) is 2. The molecule has 0 aliphatic rings. The van der Waals surface area contributed by atoms with E-state index in [0.29, 0.717) is 11.4 Å². The van der Waals surface area contributed by atoms with Gasteiger partial charge in [0.25, 0.3) is 0 Å². The van der Waals surface area contributed by atoms with Crippen molar-refractivity contribution in [1.82, 2.24) is 0 Å². The number of anilines is 2. The van der Waals surface area contributed by atoms with E-state index in [-0.39, 0.29) is 17.7 Å². The molecule has 2 N–H and O–H groups in total. The SMILES string of the molecule is Cc1ccc(NC(=O)C(C)C)cc1NC(=O)/C=C/c1ccccc1Br. The monoisotopic (exact) mass is 400 g/mol. The number of halogens is 1. The lowest BCUT2D eigenvalue weighted by atomic mass is 10.1. The van der Waals surface area contributed by atoms with Gasteiger partial charge in [0.15, 0.2) is 0 Å². The number of hydrogen-bond acceptors (Lipinski definition) is 2. The highest BCUT2D eigenvalue weighted by Crippen LogP contribution is 2.21. The molecule has 0 aromatic heterocycles. The number of carbonyl (C=O) groups excluding carboxylic acids is 2. The summed E-state index contributed by atoms with van der Waals surface area (Å²) in [4.78, 5) is 24.0. The number of aryl methyl sites for hydroxylation is 1. The van der Waals surface area contributed by atoms with Gasteiger partial charge in [0.1, 0.15) is 0 Å². The minimum Gasteiger partial charge on any atom is -0.326 e. The first-order valence-electron chi connectivity index (χ1n) is 8.02. The standard InChI is InChI=1S/C20H21BrN2O2/c1-13(2)20(25)22-16-10-8-14(3)18(12-16)23-19(24)11-9-15-6-4-5-7-17(15)21/h4-13H,1-3H3,(H,22,25)(H,23,24)/b11-9+. The molecule has 2 aromatic carbocycles. The smallest absolute Gasteiger partial charge is 0.248 e. The first-order valence-corrected chi connectivity index (χ1v) is 8.81. The number of hydrogen-bond donors (Lipinski definition) is 2. The molecule has 0 atom stereocenters. The molecule has 0 aliphatic carbocycles. The molecule has 4 nitrogen and oxygen atoms in total. The Morgan fingerprint density at radius 2 is 1.80 bits per heavy atom. The second kappa shape index (κ2) is 8.62. The van der Waals surface area contributed by atoms with Gasteiger partial charge in [-0.05, 0) is 42.3 Å². The number of carbonyl (C=O) groups is 2. The zero-order valence-electron chi connectivity index (χ0n) is 14.5. The first kappa shape index (κ1) is 18.9. The Kier molecular flexibility index (Phi) is 6.53. The van der Waals surface area contributed by atoms with Crippen LogP contribution in [0.4, 0.5) is 11.4 Å². The Bertz CT molecular complexity index is 813. The molecule has 2 rings (SSSR count). The van der Waals surface area contributed by atoms with Gasteiger partial charge in [-0.1, -0.05) is 54.0 Å². The van der Waals surface area contributed by atoms with E-state index in [0.717, 1.165) is 15.6 Å². The van der Waals surface area contributed by atoms with Gasteiger partial charge in [-0.15, -0.1) is 0 Å². The molecule has 0 radical (unpaired) electrons. The fraction of sp³-hybridized carbons (Fsp3) is 0.200. The van der Waals surface area contributed by atoms with Gasteiger partial charge in [-0.2, -0.15) is 0 Å². The Hall–Kier alpha value is -2.40. The average Bonchev–Trinajstić information content (AvgIpc) is 2.57. The van der Waals surface area contributed by atoms with Crippen molar-refractivity contribution in [3.05, 3.63) is 64.1 Å². The van der Waals surface area contributed by atoms with Crippen LogP contribution in [0.1, 0.15) is 25.0 Å². The minimum absolute atomic E-state index is 0.0602. The zero-order chi connectivity index (χ0) is 18.4. The molecule has 0 heterocycles. The van der Waals surface area contributed by atoms with Crippen LogP contribution in [0.25, 0.3) is 6.08 Å².